The van der Waals surface area contributed by atoms with E-state index < -0.39 is 0 Å². The smallest absolute Gasteiger partial charge is 0.164 e. The number of nitrogens with zero attached hydrogens (tertiary/aromatic N) is 4. The van der Waals surface area contributed by atoms with Crippen LogP contribution in [0.25, 0.3) is 98.4 Å². The van der Waals surface area contributed by atoms with E-state index in [9.17, 15) is 0 Å². The lowest BCUT2D eigenvalue weighted by Crippen LogP contribution is -2.00. The Morgan fingerprint density at radius 1 is 0.314 bits per heavy atom. The minimum absolute atomic E-state index is 0.645. The minimum Gasteiger partial charge on any atom is -0.247 e. The van der Waals surface area contributed by atoms with Crippen molar-refractivity contribution in [1.29, 1.82) is 0 Å². The molecule has 0 aliphatic carbocycles. The molecule has 0 radical (unpaired) electrons. The Morgan fingerprint density at radius 2 is 0.784 bits per heavy atom. The summed E-state index contributed by atoms with van der Waals surface area (Å²) in [4.78, 5) is 19.8. The monoisotopic (exact) mass is 668 g/mol. The number of thiophene rings is 1. The largest absolute Gasteiger partial charge is 0.247 e. The summed E-state index contributed by atoms with van der Waals surface area (Å²) in [5, 5.41) is 6.25. The van der Waals surface area contributed by atoms with Crippen LogP contribution in [0.5, 0.6) is 0 Å². The molecule has 3 aromatic heterocycles. The van der Waals surface area contributed by atoms with Crippen LogP contribution in [0.2, 0.25) is 0 Å². The number of pyridine rings is 1. The molecule has 238 valence electrons. The Bertz CT molecular complexity index is 2820. The maximum atomic E-state index is 5.23. The molecule has 10 rings (SSSR count). The first-order valence-corrected chi connectivity index (χ1v) is 17.8. The summed E-state index contributed by atoms with van der Waals surface area (Å²) in [5.41, 5.74) is 8.21. The van der Waals surface area contributed by atoms with Gasteiger partial charge in [0, 0.05) is 58.6 Å². The van der Waals surface area contributed by atoms with Crippen LogP contribution in [-0.4, -0.2) is 19.9 Å². The average Bonchev–Trinajstić information content (AvgIpc) is 3.60. The molecule has 0 atom stereocenters. The van der Waals surface area contributed by atoms with Crippen molar-refractivity contribution >= 4 is 53.2 Å². The van der Waals surface area contributed by atoms with Crippen molar-refractivity contribution < 1.29 is 0 Å². The zero-order chi connectivity index (χ0) is 33.7. The predicted molar refractivity (Wildman–Crippen MR) is 213 cm³/mol. The third kappa shape index (κ3) is 5.14. The maximum Gasteiger partial charge on any atom is 0.164 e. The zero-order valence-corrected chi connectivity index (χ0v) is 28.2. The first-order chi connectivity index (χ1) is 25.3. The van der Waals surface area contributed by atoms with Crippen LogP contribution in [-0.2, 0) is 0 Å². The Balaban J connectivity index is 1.03. The van der Waals surface area contributed by atoms with Crippen molar-refractivity contribution in [3.8, 4) is 56.5 Å². The van der Waals surface area contributed by atoms with Crippen LogP contribution in [0, 0.1) is 0 Å². The van der Waals surface area contributed by atoms with Gasteiger partial charge >= 0.3 is 0 Å². The standard InChI is InChI=1S/C46H28N4S/c1-3-11-32(12-4-1)44-48-45(33-13-5-2-6-14-33)50-46(49-44)34-25-21-30(22-26-34)29-19-23-31(24-20-29)42-38-28-27-36-35-15-8-10-18-40(35)51-43(36)41(38)37-16-7-9-17-39(37)47-42/h1-28H. The van der Waals surface area contributed by atoms with E-state index in [1.54, 1.807) is 0 Å². The van der Waals surface area contributed by atoms with E-state index in [4.69, 9.17) is 19.9 Å². The maximum absolute atomic E-state index is 5.23. The molecule has 0 spiro atoms. The van der Waals surface area contributed by atoms with Gasteiger partial charge in [0.15, 0.2) is 17.5 Å². The number of fused-ring (bicyclic) bond motifs is 7. The molecule has 10 aromatic rings. The van der Waals surface area contributed by atoms with Gasteiger partial charge in [-0.1, -0.05) is 158 Å². The van der Waals surface area contributed by atoms with Crippen LogP contribution in [0.15, 0.2) is 170 Å². The molecule has 51 heavy (non-hydrogen) atoms. The normalized spacial score (nSPS) is 11.5. The van der Waals surface area contributed by atoms with Gasteiger partial charge < -0.3 is 0 Å². The fourth-order valence-corrected chi connectivity index (χ4v) is 8.27. The molecule has 0 bridgehead atoms. The number of hydrogen-bond acceptors (Lipinski definition) is 5. The molecule has 0 aliphatic heterocycles. The first-order valence-electron chi connectivity index (χ1n) is 17.0. The van der Waals surface area contributed by atoms with Gasteiger partial charge in [-0.05, 0) is 23.3 Å². The quantitative estimate of drug-likeness (QED) is 0.171. The van der Waals surface area contributed by atoms with Crippen LogP contribution in [0.1, 0.15) is 0 Å². The summed E-state index contributed by atoms with van der Waals surface area (Å²) in [5.74, 6) is 1.95. The first kappa shape index (κ1) is 29.4. The van der Waals surface area contributed by atoms with E-state index in [2.05, 4.69) is 109 Å². The van der Waals surface area contributed by atoms with E-state index in [-0.39, 0.29) is 0 Å². The molecular formula is C46H28N4S. The van der Waals surface area contributed by atoms with Crippen LogP contribution in [0.3, 0.4) is 0 Å². The van der Waals surface area contributed by atoms with Gasteiger partial charge in [-0.3, -0.25) is 0 Å². The number of rotatable bonds is 5. The molecule has 0 N–H and O–H groups in total. The summed E-state index contributed by atoms with van der Waals surface area (Å²) in [7, 11) is 0. The molecule has 0 fully saturated rings. The fourth-order valence-electron chi connectivity index (χ4n) is 7.01. The third-order valence-corrected chi connectivity index (χ3v) is 10.7. The summed E-state index contributed by atoms with van der Waals surface area (Å²) in [6.45, 7) is 0. The van der Waals surface area contributed by atoms with Crippen molar-refractivity contribution in [3.63, 3.8) is 0 Å². The molecule has 4 nitrogen and oxygen atoms in total. The Kier molecular flexibility index (Phi) is 6.96. The van der Waals surface area contributed by atoms with Gasteiger partial charge in [-0.25, -0.2) is 19.9 Å². The Hall–Kier alpha value is -6.56. The highest BCUT2D eigenvalue weighted by molar-refractivity contribution is 7.26. The molecule has 0 unspecified atom stereocenters. The highest BCUT2D eigenvalue weighted by Crippen LogP contribution is 2.43. The van der Waals surface area contributed by atoms with Crippen molar-refractivity contribution in [2.24, 2.45) is 0 Å². The molecular weight excluding hydrogens is 641 g/mol. The second kappa shape index (κ2) is 12.1. The van der Waals surface area contributed by atoms with Gasteiger partial charge in [0.05, 0.1) is 11.2 Å². The Labute approximate surface area is 298 Å². The van der Waals surface area contributed by atoms with E-state index >= 15 is 0 Å². The average molecular weight is 669 g/mol. The highest BCUT2D eigenvalue weighted by atomic mass is 32.1. The number of aromatic nitrogens is 4. The third-order valence-electron chi connectivity index (χ3n) is 9.54. The van der Waals surface area contributed by atoms with E-state index in [0.29, 0.717) is 17.5 Å². The van der Waals surface area contributed by atoms with Gasteiger partial charge in [0.2, 0.25) is 0 Å². The van der Waals surface area contributed by atoms with Crippen molar-refractivity contribution in [3.05, 3.63) is 170 Å². The van der Waals surface area contributed by atoms with Crippen LogP contribution < -0.4 is 0 Å². The molecule has 3 heterocycles. The zero-order valence-electron chi connectivity index (χ0n) is 27.4. The SMILES string of the molecule is c1ccc(-c2nc(-c3ccccc3)nc(-c3ccc(-c4ccc(-c5nc6ccccc6c6c5ccc5c7ccccc7sc56)cc4)cc3)n2)cc1. The lowest BCUT2D eigenvalue weighted by molar-refractivity contribution is 1.07. The van der Waals surface area contributed by atoms with Gasteiger partial charge in [-0.2, -0.15) is 0 Å². The van der Waals surface area contributed by atoms with Crippen molar-refractivity contribution in [2.75, 3.05) is 0 Å². The lowest BCUT2D eigenvalue weighted by atomic mass is 9.96. The topological polar surface area (TPSA) is 51.6 Å². The highest BCUT2D eigenvalue weighted by Gasteiger charge is 2.17. The molecule has 5 heteroatoms. The van der Waals surface area contributed by atoms with E-state index in [1.807, 2.05) is 72.0 Å². The Morgan fingerprint density at radius 3 is 1.41 bits per heavy atom. The van der Waals surface area contributed by atoms with Gasteiger partial charge in [0.25, 0.3) is 0 Å². The number of benzene rings is 7. The van der Waals surface area contributed by atoms with Crippen LogP contribution >= 0.6 is 11.3 Å². The molecule has 0 saturated carbocycles. The molecule has 0 aliphatic rings. The molecule has 0 saturated heterocycles. The van der Waals surface area contributed by atoms with Crippen LogP contribution in [0.4, 0.5) is 0 Å². The second-order valence-electron chi connectivity index (χ2n) is 12.6. The lowest BCUT2D eigenvalue weighted by Gasteiger charge is -2.12. The van der Waals surface area contributed by atoms with Crippen molar-refractivity contribution in [2.45, 2.75) is 0 Å². The van der Waals surface area contributed by atoms with Gasteiger partial charge in [0.1, 0.15) is 0 Å². The number of hydrogen-bond donors (Lipinski definition) is 0. The van der Waals surface area contributed by atoms with E-state index in [1.165, 1.54) is 36.3 Å². The number of para-hydroxylation sites is 1. The summed E-state index contributed by atoms with van der Waals surface area (Å²) < 4.78 is 2.62. The summed E-state index contributed by atoms with van der Waals surface area (Å²) in [6, 6.07) is 59.1. The summed E-state index contributed by atoms with van der Waals surface area (Å²) in [6.07, 6.45) is 0. The summed E-state index contributed by atoms with van der Waals surface area (Å²) >= 11 is 1.87. The van der Waals surface area contributed by atoms with E-state index in [0.717, 1.165) is 44.6 Å². The molecule has 0 amide bonds. The van der Waals surface area contributed by atoms with Crippen molar-refractivity contribution in [1.82, 2.24) is 19.9 Å². The molecule has 7 aromatic carbocycles. The predicted octanol–water partition coefficient (Wildman–Crippen LogP) is 12.3. The van der Waals surface area contributed by atoms with Gasteiger partial charge in [-0.15, -0.1) is 11.3 Å². The minimum atomic E-state index is 0.645. The fraction of sp³-hybridized carbons (Fsp3) is 0. The second-order valence-corrected chi connectivity index (χ2v) is 13.7.